The number of aromatic nitrogens is 1. The molecule has 1 unspecified atom stereocenters. The van der Waals surface area contributed by atoms with E-state index in [9.17, 15) is 9.18 Å². The van der Waals surface area contributed by atoms with Crippen molar-refractivity contribution in [1.29, 1.82) is 0 Å². The van der Waals surface area contributed by atoms with Crippen LogP contribution in [0.15, 0.2) is 12.3 Å². The average Bonchev–Trinajstić information content (AvgIpc) is 2.38. The van der Waals surface area contributed by atoms with Crippen molar-refractivity contribution in [3.8, 4) is 0 Å². The second-order valence-corrected chi connectivity index (χ2v) is 4.58. The lowest BCUT2D eigenvalue weighted by Gasteiger charge is -2.36. The number of carboxylic acid groups (broad SMARTS) is 1. The third-order valence-electron chi connectivity index (χ3n) is 3.43. The predicted molar refractivity (Wildman–Crippen MR) is 66.4 cm³/mol. The summed E-state index contributed by atoms with van der Waals surface area (Å²) in [7, 11) is 0. The summed E-state index contributed by atoms with van der Waals surface area (Å²) < 4.78 is 13.1. The molecule has 4 nitrogen and oxygen atoms in total. The molecular weight excluding hydrogens is 235 g/mol. The van der Waals surface area contributed by atoms with E-state index in [2.05, 4.69) is 11.9 Å². The van der Waals surface area contributed by atoms with E-state index >= 15 is 0 Å². The molecule has 1 atom stereocenters. The molecule has 0 saturated carbocycles. The zero-order chi connectivity index (χ0) is 13.1. The molecular formula is C13H17FN2O2. The molecule has 1 aliphatic heterocycles. The summed E-state index contributed by atoms with van der Waals surface area (Å²) in [5.74, 6) is -1.34. The predicted octanol–water partition coefficient (Wildman–Crippen LogP) is 2.69. The van der Waals surface area contributed by atoms with Gasteiger partial charge in [0.05, 0.1) is 6.20 Å². The normalized spacial score (nSPS) is 19.9. The number of anilines is 1. The van der Waals surface area contributed by atoms with Crippen molar-refractivity contribution in [2.75, 3.05) is 11.4 Å². The van der Waals surface area contributed by atoms with E-state index in [1.54, 1.807) is 0 Å². The maximum absolute atomic E-state index is 13.1. The van der Waals surface area contributed by atoms with Crippen LogP contribution in [-0.2, 0) is 0 Å². The number of pyridine rings is 1. The molecule has 1 aromatic rings. The van der Waals surface area contributed by atoms with Gasteiger partial charge < -0.3 is 10.0 Å². The Hall–Kier alpha value is -1.65. The van der Waals surface area contributed by atoms with Gasteiger partial charge in [-0.15, -0.1) is 0 Å². The largest absolute Gasteiger partial charge is 0.478 e. The first-order valence-corrected chi connectivity index (χ1v) is 6.29. The average molecular weight is 252 g/mol. The first-order valence-electron chi connectivity index (χ1n) is 6.29. The van der Waals surface area contributed by atoms with E-state index < -0.39 is 11.8 Å². The molecule has 1 saturated heterocycles. The van der Waals surface area contributed by atoms with E-state index in [1.165, 1.54) is 0 Å². The summed E-state index contributed by atoms with van der Waals surface area (Å²) >= 11 is 0. The highest BCUT2D eigenvalue weighted by Crippen LogP contribution is 2.27. The Bertz CT molecular complexity index is 451. The second kappa shape index (κ2) is 5.33. The summed E-state index contributed by atoms with van der Waals surface area (Å²) in [4.78, 5) is 17.2. The van der Waals surface area contributed by atoms with Crippen LogP contribution in [0.5, 0.6) is 0 Å². The number of hydrogen-bond donors (Lipinski definition) is 1. The molecule has 0 bridgehead atoms. The Morgan fingerprint density at radius 1 is 1.61 bits per heavy atom. The van der Waals surface area contributed by atoms with Crippen molar-refractivity contribution >= 4 is 11.8 Å². The lowest BCUT2D eigenvalue weighted by molar-refractivity contribution is 0.0696. The first-order chi connectivity index (χ1) is 8.63. The molecule has 0 spiro atoms. The SMILES string of the molecule is CCC1CCCCN1c1ncc(F)cc1C(=O)O. The molecule has 2 rings (SSSR count). The van der Waals surface area contributed by atoms with Crippen LogP contribution in [0.2, 0.25) is 0 Å². The van der Waals surface area contributed by atoms with E-state index in [-0.39, 0.29) is 5.56 Å². The molecule has 1 aliphatic rings. The lowest BCUT2D eigenvalue weighted by atomic mass is 9.99. The maximum Gasteiger partial charge on any atom is 0.339 e. The van der Waals surface area contributed by atoms with Gasteiger partial charge in [0.25, 0.3) is 0 Å². The van der Waals surface area contributed by atoms with Crippen molar-refractivity contribution in [3.05, 3.63) is 23.6 Å². The summed E-state index contributed by atoms with van der Waals surface area (Å²) in [5, 5.41) is 9.15. The summed E-state index contributed by atoms with van der Waals surface area (Å²) in [6, 6.07) is 1.35. The van der Waals surface area contributed by atoms with Crippen molar-refractivity contribution in [1.82, 2.24) is 4.98 Å². The summed E-state index contributed by atoms with van der Waals surface area (Å²) in [6.07, 6.45) is 5.24. The number of hydrogen-bond acceptors (Lipinski definition) is 3. The van der Waals surface area contributed by atoms with Gasteiger partial charge in [-0.25, -0.2) is 14.2 Å². The second-order valence-electron chi connectivity index (χ2n) is 4.58. The zero-order valence-electron chi connectivity index (χ0n) is 10.4. The Morgan fingerprint density at radius 2 is 2.39 bits per heavy atom. The molecule has 18 heavy (non-hydrogen) atoms. The molecule has 0 aliphatic carbocycles. The molecule has 2 heterocycles. The van der Waals surface area contributed by atoms with Crippen molar-refractivity contribution in [2.24, 2.45) is 0 Å². The van der Waals surface area contributed by atoms with Crippen LogP contribution in [0.4, 0.5) is 10.2 Å². The van der Waals surface area contributed by atoms with Gasteiger partial charge in [-0.1, -0.05) is 6.92 Å². The first kappa shape index (κ1) is 12.8. The summed E-state index contributed by atoms with van der Waals surface area (Å²) in [5.41, 5.74) is -0.0460. The van der Waals surface area contributed by atoms with E-state index in [4.69, 9.17) is 5.11 Å². The van der Waals surface area contributed by atoms with Crippen LogP contribution in [0.3, 0.4) is 0 Å². The third-order valence-corrected chi connectivity index (χ3v) is 3.43. The molecule has 5 heteroatoms. The summed E-state index contributed by atoms with van der Waals surface area (Å²) in [6.45, 7) is 2.87. The van der Waals surface area contributed by atoms with E-state index in [0.29, 0.717) is 11.9 Å². The quantitative estimate of drug-likeness (QED) is 0.898. The number of halogens is 1. The van der Waals surface area contributed by atoms with Crippen LogP contribution in [0, 0.1) is 5.82 Å². The van der Waals surface area contributed by atoms with Crippen molar-refractivity contribution in [2.45, 2.75) is 38.6 Å². The number of nitrogens with zero attached hydrogens (tertiary/aromatic N) is 2. The molecule has 98 valence electrons. The highest BCUT2D eigenvalue weighted by molar-refractivity contribution is 5.93. The minimum absolute atomic E-state index is 0.0460. The van der Waals surface area contributed by atoms with Crippen LogP contribution >= 0.6 is 0 Å². The van der Waals surface area contributed by atoms with Gasteiger partial charge in [0.15, 0.2) is 0 Å². The topological polar surface area (TPSA) is 53.4 Å². The van der Waals surface area contributed by atoms with Crippen LogP contribution < -0.4 is 4.90 Å². The Labute approximate surface area is 105 Å². The lowest BCUT2D eigenvalue weighted by Crippen LogP contribution is -2.40. The highest BCUT2D eigenvalue weighted by atomic mass is 19.1. The minimum Gasteiger partial charge on any atom is -0.478 e. The molecule has 0 radical (unpaired) electrons. The van der Waals surface area contributed by atoms with Crippen LogP contribution in [0.25, 0.3) is 0 Å². The monoisotopic (exact) mass is 252 g/mol. The Balaban J connectivity index is 2.39. The standard InChI is InChI=1S/C13H17FN2O2/c1-2-10-5-3-4-6-16(10)12-11(13(17)18)7-9(14)8-15-12/h7-8,10H,2-6H2,1H3,(H,17,18). The third kappa shape index (κ3) is 2.44. The molecule has 1 aromatic heterocycles. The van der Waals surface area contributed by atoms with E-state index in [0.717, 1.165) is 44.5 Å². The minimum atomic E-state index is -1.13. The van der Waals surface area contributed by atoms with Gasteiger partial charge in [-0.3, -0.25) is 0 Å². The molecule has 1 fully saturated rings. The number of rotatable bonds is 3. The fourth-order valence-corrected chi connectivity index (χ4v) is 2.52. The molecule has 1 N–H and O–H groups in total. The highest BCUT2D eigenvalue weighted by Gasteiger charge is 2.26. The molecule has 0 amide bonds. The van der Waals surface area contributed by atoms with Gasteiger partial charge in [0, 0.05) is 12.6 Å². The maximum atomic E-state index is 13.1. The van der Waals surface area contributed by atoms with Crippen molar-refractivity contribution < 1.29 is 14.3 Å². The van der Waals surface area contributed by atoms with Gasteiger partial charge >= 0.3 is 5.97 Å². The number of carboxylic acids is 1. The smallest absolute Gasteiger partial charge is 0.339 e. The van der Waals surface area contributed by atoms with Crippen LogP contribution in [0.1, 0.15) is 43.0 Å². The Morgan fingerprint density at radius 3 is 3.06 bits per heavy atom. The van der Waals surface area contributed by atoms with Gasteiger partial charge in [0.2, 0.25) is 0 Å². The number of piperidine rings is 1. The zero-order valence-corrected chi connectivity index (χ0v) is 10.4. The fourth-order valence-electron chi connectivity index (χ4n) is 2.52. The van der Waals surface area contributed by atoms with Gasteiger partial charge in [-0.2, -0.15) is 0 Å². The number of carbonyl (C=O) groups is 1. The van der Waals surface area contributed by atoms with Crippen LogP contribution in [-0.4, -0.2) is 28.6 Å². The number of aromatic carboxylic acids is 1. The van der Waals surface area contributed by atoms with Gasteiger partial charge in [0.1, 0.15) is 17.2 Å². The van der Waals surface area contributed by atoms with E-state index in [1.807, 2.05) is 4.90 Å². The molecule has 0 aromatic carbocycles. The van der Waals surface area contributed by atoms with Crippen molar-refractivity contribution in [3.63, 3.8) is 0 Å². The Kier molecular flexibility index (Phi) is 3.79. The fraction of sp³-hybridized carbons (Fsp3) is 0.538. The van der Waals surface area contributed by atoms with Gasteiger partial charge in [-0.05, 0) is 31.7 Å².